The van der Waals surface area contributed by atoms with Gasteiger partial charge in [-0.05, 0) is 70.6 Å². The lowest BCUT2D eigenvalue weighted by molar-refractivity contribution is -0.870. The number of rotatable bonds is 67. The van der Waals surface area contributed by atoms with E-state index < -0.39 is 24.3 Å². The van der Waals surface area contributed by atoms with Gasteiger partial charge >= 0.3 is 11.9 Å². The quantitative estimate of drug-likeness (QED) is 0.0195. The summed E-state index contributed by atoms with van der Waals surface area (Å²) in [6.07, 6.45) is 80.9. The third-order valence-corrected chi connectivity index (χ3v) is 16.1. The van der Waals surface area contributed by atoms with Crippen LogP contribution in [0.2, 0.25) is 0 Å². The molecule has 83 heavy (non-hydrogen) atoms. The van der Waals surface area contributed by atoms with Crippen molar-refractivity contribution < 1.29 is 42.9 Å². The molecule has 0 bridgehead atoms. The molecule has 0 heterocycles. The van der Waals surface area contributed by atoms with Gasteiger partial charge in [0.1, 0.15) is 13.2 Å². The number of carbonyl (C=O) groups excluding carboxylic acids is 3. The van der Waals surface area contributed by atoms with Crippen LogP contribution in [0.3, 0.4) is 0 Å². The predicted octanol–water partition coefficient (Wildman–Crippen LogP) is 20.8. The van der Waals surface area contributed by atoms with Gasteiger partial charge in [-0.3, -0.25) is 9.59 Å². The third-order valence-electron chi connectivity index (χ3n) is 16.1. The van der Waals surface area contributed by atoms with Gasteiger partial charge in [-0.25, -0.2) is 0 Å². The second kappa shape index (κ2) is 65.2. The number of likely N-dealkylation sites (N-methyl/N-ethyl adjacent to an activating group) is 1. The summed E-state index contributed by atoms with van der Waals surface area (Å²) in [6.45, 7) is 4.67. The molecule has 0 rings (SSSR count). The number of esters is 2. The van der Waals surface area contributed by atoms with Gasteiger partial charge in [0, 0.05) is 12.8 Å². The normalized spacial score (nSPS) is 12.9. The second-order valence-electron chi connectivity index (χ2n) is 25.5. The molecule has 9 heteroatoms. The largest absolute Gasteiger partial charge is 0.545 e. The van der Waals surface area contributed by atoms with Crippen molar-refractivity contribution in [3.63, 3.8) is 0 Å². The zero-order valence-electron chi connectivity index (χ0n) is 55.6. The van der Waals surface area contributed by atoms with E-state index in [-0.39, 0.29) is 32.2 Å². The number of carboxylic acid groups (broad SMARTS) is 1. The molecule has 0 aliphatic carbocycles. The van der Waals surface area contributed by atoms with Crippen LogP contribution in [0.4, 0.5) is 0 Å². The van der Waals surface area contributed by atoms with Crippen LogP contribution in [0.1, 0.15) is 348 Å². The van der Waals surface area contributed by atoms with E-state index in [1.54, 1.807) is 0 Å². The van der Waals surface area contributed by atoms with E-state index in [0.717, 1.165) is 64.2 Å². The summed E-state index contributed by atoms with van der Waals surface area (Å²) < 4.78 is 22.8. The van der Waals surface area contributed by atoms with E-state index in [0.29, 0.717) is 23.9 Å². The Balaban J connectivity index is 3.89. The van der Waals surface area contributed by atoms with E-state index in [1.165, 1.54) is 250 Å². The Morgan fingerprint density at radius 3 is 1.04 bits per heavy atom. The molecule has 0 saturated carbocycles. The van der Waals surface area contributed by atoms with Crippen molar-refractivity contribution in [2.45, 2.75) is 360 Å². The van der Waals surface area contributed by atoms with Gasteiger partial charge in [0.15, 0.2) is 12.4 Å². The number of quaternary nitrogens is 1. The minimum Gasteiger partial charge on any atom is -0.545 e. The lowest BCUT2D eigenvalue weighted by atomic mass is 10.0. The first-order chi connectivity index (χ1) is 40.6. The number of hydrogen-bond donors (Lipinski definition) is 0. The molecule has 0 amide bonds. The summed E-state index contributed by atoms with van der Waals surface area (Å²) in [5.74, 6) is -2.28. The Kier molecular flexibility index (Phi) is 63.1. The van der Waals surface area contributed by atoms with Crippen LogP contribution in [0.5, 0.6) is 0 Å². The van der Waals surface area contributed by atoms with Crippen LogP contribution in [0.25, 0.3) is 0 Å². The highest BCUT2D eigenvalue weighted by Gasteiger charge is 2.22. The van der Waals surface area contributed by atoms with Crippen molar-refractivity contribution in [1.29, 1.82) is 0 Å². The van der Waals surface area contributed by atoms with Crippen LogP contribution in [0.15, 0.2) is 48.6 Å². The van der Waals surface area contributed by atoms with Crippen molar-refractivity contribution in [3.8, 4) is 0 Å². The molecule has 0 aliphatic heterocycles. The molecule has 0 fully saturated rings. The maximum absolute atomic E-state index is 12.9. The number of hydrogen-bond acceptors (Lipinski definition) is 8. The third kappa shape index (κ3) is 66.6. The Morgan fingerprint density at radius 1 is 0.373 bits per heavy atom. The summed E-state index contributed by atoms with van der Waals surface area (Å²) >= 11 is 0. The lowest BCUT2D eigenvalue weighted by Gasteiger charge is -2.26. The van der Waals surface area contributed by atoms with Crippen LogP contribution < -0.4 is 5.11 Å². The van der Waals surface area contributed by atoms with Gasteiger partial charge in [0.25, 0.3) is 0 Å². The molecule has 0 aromatic heterocycles. The highest BCUT2D eigenvalue weighted by atomic mass is 16.7. The van der Waals surface area contributed by atoms with Gasteiger partial charge in [-0.1, -0.05) is 313 Å². The zero-order chi connectivity index (χ0) is 60.5. The van der Waals surface area contributed by atoms with Gasteiger partial charge in [-0.2, -0.15) is 0 Å². The Hall–Kier alpha value is -2.75. The smallest absolute Gasteiger partial charge is 0.306 e. The van der Waals surface area contributed by atoms with E-state index >= 15 is 0 Å². The number of aliphatic carboxylic acids is 1. The summed E-state index contributed by atoms with van der Waals surface area (Å²) in [7, 11) is 5.93. The summed E-state index contributed by atoms with van der Waals surface area (Å²) in [5, 5.41) is 11.8. The number of carboxylic acids is 1. The first-order valence-corrected chi connectivity index (χ1v) is 35.8. The molecule has 0 aliphatic rings. The van der Waals surface area contributed by atoms with Gasteiger partial charge in [0.05, 0.1) is 40.3 Å². The van der Waals surface area contributed by atoms with Crippen molar-refractivity contribution >= 4 is 17.9 Å². The Morgan fingerprint density at radius 2 is 0.687 bits per heavy atom. The van der Waals surface area contributed by atoms with E-state index in [1.807, 2.05) is 21.1 Å². The van der Waals surface area contributed by atoms with Crippen molar-refractivity contribution in [3.05, 3.63) is 48.6 Å². The number of ether oxygens (including phenoxy) is 4. The molecule has 2 unspecified atom stereocenters. The monoisotopic (exact) mass is 1170 g/mol. The number of allylic oxidation sites excluding steroid dienone is 8. The first-order valence-electron chi connectivity index (χ1n) is 35.8. The Bertz CT molecular complexity index is 1500. The van der Waals surface area contributed by atoms with Crippen LogP contribution in [-0.2, 0) is 33.3 Å². The van der Waals surface area contributed by atoms with Crippen LogP contribution >= 0.6 is 0 Å². The molecule has 0 aromatic rings. The molecule has 0 aromatic carbocycles. The molecule has 486 valence electrons. The molecule has 0 radical (unpaired) electrons. The molecule has 9 nitrogen and oxygen atoms in total. The highest BCUT2D eigenvalue weighted by molar-refractivity contribution is 5.70. The predicted molar refractivity (Wildman–Crippen MR) is 352 cm³/mol. The van der Waals surface area contributed by atoms with E-state index in [4.69, 9.17) is 18.9 Å². The van der Waals surface area contributed by atoms with Crippen molar-refractivity contribution in [1.82, 2.24) is 0 Å². The summed E-state index contributed by atoms with van der Waals surface area (Å²) in [5.41, 5.74) is 0. The summed E-state index contributed by atoms with van der Waals surface area (Å²) in [4.78, 5) is 37.4. The van der Waals surface area contributed by atoms with Gasteiger partial charge in [-0.15, -0.1) is 0 Å². The minimum absolute atomic E-state index is 0.146. The fourth-order valence-electron chi connectivity index (χ4n) is 10.6. The molecular weight excluding hydrogens is 1030 g/mol. The van der Waals surface area contributed by atoms with E-state index in [9.17, 15) is 19.5 Å². The number of nitrogens with zero attached hydrogens (tertiary/aromatic N) is 1. The summed E-state index contributed by atoms with van der Waals surface area (Å²) in [6, 6.07) is 0. The van der Waals surface area contributed by atoms with Crippen LogP contribution in [0, 0.1) is 0 Å². The molecule has 0 spiro atoms. The lowest BCUT2D eigenvalue weighted by Crippen LogP contribution is -2.44. The standard InChI is InChI=1S/C74H137NO8/c1-6-8-10-12-14-16-18-20-22-24-25-26-27-28-29-30-31-32-33-34-35-36-37-38-39-40-41-42-43-44-45-46-47-49-50-52-54-56-58-60-62-64-71(76)81-68-70(69-82-74(73(78)79)80-67-66-75(3,4)5)83-72(77)65-63-61-59-57-55-53-51-48-23-21-19-17-15-13-11-9-7-2/h9,11,15,17,21,23-25,70,74H,6-8,10,12-14,16,18-20,22,26-69H2,1-5H3/b11-9-,17-15-,23-21-,25-24-. The van der Waals surface area contributed by atoms with Crippen molar-refractivity contribution in [2.24, 2.45) is 0 Å². The molecule has 2 atom stereocenters. The molecule has 0 N–H and O–H groups in total. The second-order valence-corrected chi connectivity index (χ2v) is 25.5. The first kappa shape index (κ1) is 80.2. The average Bonchev–Trinajstić information content (AvgIpc) is 3.46. The number of unbranched alkanes of at least 4 members (excludes halogenated alkanes) is 44. The Labute approximate surface area is 514 Å². The fourth-order valence-corrected chi connectivity index (χ4v) is 10.6. The van der Waals surface area contributed by atoms with Crippen molar-refractivity contribution in [2.75, 3.05) is 47.5 Å². The van der Waals surface area contributed by atoms with Crippen LogP contribution in [-0.4, -0.2) is 82.3 Å². The van der Waals surface area contributed by atoms with Gasteiger partial charge < -0.3 is 33.3 Å². The average molecular weight is 1170 g/mol. The highest BCUT2D eigenvalue weighted by Crippen LogP contribution is 2.19. The maximum Gasteiger partial charge on any atom is 0.306 e. The maximum atomic E-state index is 12.9. The van der Waals surface area contributed by atoms with Gasteiger partial charge in [0.2, 0.25) is 0 Å². The topological polar surface area (TPSA) is 111 Å². The fraction of sp³-hybridized carbons (Fsp3) is 0.851. The molecule has 0 saturated heterocycles. The number of carbonyl (C=O) groups is 3. The SMILES string of the molecule is CC/C=C\C/C=C\C/C=C\CCCCCCCCCC(=O)OC(COC(=O)CCCCCCCCCCCCCCCCCCCCCCCCCCCCCCC/C=C\CCCCCCCCCC)COC(OCC[N+](C)(C)C)C(=O)[O-]. The van der Waals surface area contributed by atoms with E-state index in [2.05, 4.69) is 62.5 Å². The minimum atomic E-state index is -1.62. The molecular formula is C74H137NO8. The zero-order valence-corrected chi connectivity index (χ0v) is 55.6.